The number of esters is 1. The zero-order valence-electron chi connectivity index (χ0n) is 15.4. The summed E-state index contributed by atoms with van der Waals surface area (Å²) in [4.78, 5) is 12.5. The van der Waals surface area contributed by atoms with Gasteiger partial charge in [-0.25, -0.2) is 4.79 Å². The van der Waals surface area contributed by atoms with Crippen LogP contribution in [0, 0.1) is 25.2 Å². The molecule has 1 aromatic heterocycles. The monoisotopic (exact) mass is 378 g/mol. The van der Waals surface area contributed by atoms with Crippen LogP contribution in [0.5, 0.6) is 0 Å². The van der Waals surface area contributed by atoms with Gasteiger partial charge in [0.25, 0.3) is 0 Å². The molecule has 0 radical (unpaired) electrons. The van der Waals surface area contributed by atoms with Crippen LogP contribution in [0.2, 0.25) is 5.02 Å². The molecule has 0 unspecified atom stereocenters. The summed E-state index contributed by atoms with van der Waals surface area (Å²) in [6.45, 7) is 4.54. The van der Waals surface area contributed by atoms with E-state index in [1.54, 1.807) is 12.1 Å². The molecular formula is C22H19ClN2O2. The summed E-state index contributed by atoms with van der Waals surface area (Å²) in [5.41, 5.74) is 5.40. The van der Waals surface area contributed by atoms with Crippen molar-refractivity contribution in [3.8, 4) is 17.2 Å². The highest BCUT2D eigenvalue weighted by Crippen LogP contribution is 2.35. The first kappa shape index (κ1) is 18.8. The first-order valence-electron chi connectivity index (χ1n) is 8.49. The van der Waals surface area contributed by atoms with E-state index in [2.05, 4.69) is 22.8 Å². The van der Waals surface area contributed by atoms with Crippen LogP contribution in [0.3, 0.4) is 0 Å². The summed E-state index contributed by atoms with van der Waals surface area (Å²) in [5.74, 6) is -0.391. The number of hydrogen-bond acceptors (Lipinski definition) is 3. The van der Waals surface area contributed by atoms with Crippen molar-refractivity contribution in [3.63, 3.8) is 0 Å². The molecule has 27 heavy (non-hydrogen) atoms. The zero-order chi connectivity index (χ0) is 19.6. The van der Waals surface area contributed by atoms with Gasteiger partial charge in [-0.15, -0.1) is 0 Å². The highest BCUT2D eigenvalue weighted by atomic mass is 35.5. The fraction of sp³-hybridized carbons (Fsp3) is 0.182. The van der Waals surface area contributed by atoms with Crippen LogP contribution in [-0.4, -0.2) is 17.6 Å². The third-order valence-corrected chi connectivity index (χ3v) is 5.05. The van der Waals surface area contributed by atoms with Crippen LogP contribution in [-0.2, 0) is 11.3 Å². The molecule has 1 heterocycles. The van der Waals surface area contributed by atoms with Gasteiger partial charge in [0.15, 0.2) is 0 Å². The molecule has 0 bridgehead atoms. The molecular weight excluding hydrogens is 360 g/mol. The van der Waals surface area contributed by atoms with Crippen molar-refractivity contribution in [2.45, 2.75) is 20.4 Å². The summed E-state index contributed by atoms with van der Waals surface area (Å²) < 4.78 is 7.14. The fourth-order valence-corrected chi connectivity index (χ4v) is 3.58. The van der Waals surface area contributed by atoms with Gasteiger partial charge in [0.05, 0.1) is 23.3 Å². The second-order valence-electron chi connectivity index (χ2n) is 6.29. The minimum absolute atomic E-state index is 0.360. The van der Waals surface area contributed by atoms with E-state index >= 15 is 0 Å². The first-order valence-corrected chi connectivity index (χ1v) is 8.87. The summed E-state index contributed by atoms with van der Waals surface area (Å²) in [6, 6.07) is 17.3. The van der Waals surface area contributed by atoms with E-state index in [4.69, 9.17) is 21.6 Å². The van der Waals surface area contributed by atoms with E-state index in [-0.39, 0.29) is 0 Å². The largest absolute Gasteiger partial charge is 0.465 e. The lowest BCUT2D eigenvalue weighted by Crippen LogP contribution is -2.07. The lowest BCUT2D eigenvalue weighted by molar-refractivity contribution is 0.0600. The Labute approximate surface area is 163 Å². The molecule has 3 rings (SSSR count). The fourth-order valence-electron chi connectivity index (χ4n) is 3.35. The third kappa shape index (κ3) is 3.47. The summed E-state index contributed by atoms with van der Waals surface area (Å²) in [6.07, 6.45) is 0. The molecule has 4 nitrogen and oxygen atoms in total. The Balaban J connectivity index is 2.21. The Morgan fingerprint density at radius 3 is 2.44 bits per heavy atom. The molecule has 0 spiro atoms. The van der Waals surface area contributed by atoms with E-state index in [0.717, 1.165) is 28.1 Å². The molecule has 0 atom stereocenters. The molecule has 0 aliphatic heterocycles. The lowest BCUT2D eigenvalue weighted by atomic mass is 9.99. The maximum absolute atomic E-state index is 12.5. The van der Waals surface area contributed by atoms with Crippen LogP contribution >= 0.6 is 11.6 Å². The van der Waals surface area contributed by atoms with Gasteiger partial charge in [-0.2, -0.15) is 5.26 Å². The highest BCUT2D eigenvalue weighted by molar-refractivity contribution is 6.32. The maximum Gasteiger partial charge on any atom is 0.340 e. The van der Waals surface area contributed by atoms with Gasteiger partial charge in [0, 0.05) is 23.5 Å². The van der Waals surface area contributed by atoms with Gasteiger partial charge in [-0.3, -0.25) is 0 Å². The van der Waals surface area contributed by atoms with Gasteiger partial charge >= 0.3 is 5.97 Å². The third-order valence-electron chi connectivity index (χ3n) is 4.73. The van der Waals surface area contributed by atoms with Crippen LogP contribution in [0.25, 0.3) is 11.1 Å². The zero-order valence-corrected chi connectivity index (χ0v) is 16.2. The standard InChI is InChI=1S/C22H19ClN2O2/c1-14-20(17-9-10-18(12-24)19(23)11-17)21(22(26)27-3)15(2)25(14)13-16-7-5-4-6-8-16/h4-11H,13H2,1-3H3. The number of nitrogens with zero attached hydrogens (tertiary/aromatic N) is 2. The van der Waals surface area contributed by atoms with Gasteiger partial charge < -0.3 is 9.30 Å². The predicted octanol–water partition coefficient (Wildman–Crippen LogP) is 5.13. The Morgan fingerprint density at radius 1 is 1.15 bits per heavy atom. The van der Waals surface area contributed by atoms with Crippen molar-refractivity contribution in [2.24, 2.45) is 0 Å². The lowest BCUT2D eigenvalue weighted by Gasteiger charge is -2.10. The molecule has 0 fully saturated rings. The van der Waals surface area contributed by atoms with Gasteiger partial charge in [0.2, 0.25) is 0 Å². The van der Waals surface area contributed by atoms with E-state index in [0.29, 0.717) is 22.7 Å². The number of benzene rings is 2. The van der Waals surface area contributed by atoms with Gasteiger partial charge in [-0.05, 0) is 37.1 Å². The minimum Gasteiger partial charge on any atom is -0.465 e. The number of rotatable bonds is 4. The summed E-state index contributed by atoms with van der Waals surface area (Å²) >= 11 is 6.23. The SMILES string of the molecule is COC(=O)c1c(-c2ccc(C#N)c(Cl)c2)c(C)n(Cc2ccccc2)c1C. The minimum atomic E-state index is -0.391. The second-order valence-corrected chi connectivity index (χ2v) is 6.70. The molecule has 0 aliphatic carbocycles. The Morgan fingerprint density at radius 2 is 1.85 bits per heavy atom. The van der Waals surface area contributed by atoms with Crippen molar-refractivity contribution in [1.82, 2.24) is 4.57 Å². The van der Waals surface area contributed by atoms with Crippen LogP contribution < -0.4 is 0 Å². The molecule has 2 aromatic carbocycles. The quantitative estimate of drug-likeness (QED) is 0.591. The molecule has 0 N–H and O–H groups in total. The molecule has 0 saturated heterocycles. The van der Waals surface area contributed by atoms with Gasteiger partial charge in [-0.1, -0.05) is 48.0 Å². The summed E-state index contributed by atoms with van der Waals surface area (Å²) in [7, 11) is 1.38. The molecule has 136 valence electrons. The molecule has 0 aliphatic rings. The number of methoxy groups -OCH3 is 1. The number of carbonyl (C=O) groups excluding carboxylic acids is 1. The van der Waals surface area contributed by atoms with E-state index in [1.165, 1.54) is 7.11 Å². The van der Waals surface area contributed by atoms with E-state index < -0.39 is 5.97 Å². The van der Waals surface area contributed by atoms with Gasteiger partial charge in [0.1, 0.15) is 6.07 Å². The Bertz CT molecular complexity index is 1050. The number of hydrogen-bond donors (Lipinski definition) is 0. The normalized spacial score (nSPS) is 10.5. The van der Waals surface area contributed by atoms with Crippen molar-refractivity contribution < 1.29 is 9.53 Å². The number of halogens is 1. The molecule has 0 amide bonds. The van der Waals surface area contributed by atoms with E-state index in [1.807, 2.05) is 38.1 Å². The number of carbonyl (C=O) groups is 1. The number of ether oxygens (including phenoxy) is 1. The Hall–Kier alpha value is -3.03. The maximum atomic E-state index is 12.5. The summed E-state index contributed by atoms with van der Waals surface area (Å²) in [5, 5.41) is 9.47. The van der Waals surface area contributed by atoms with E-state index in [9.17, 15) is 4.79 Å². The van der Waals surface area contributed by atoms with Crippen molar-refractivity contribution >= 4 is 17.6 Å². The van der Waals surface area contributed by atoms with Crippen LogP contribution in [0.15, 0.2) is 48.5 Å². The van der Waals surface area contributed by atoms with Crippen molar-refractivity contribution in [1.29, 1.82) is 5.26 Å². The average molecular weight is 379 g/mol. The Kier molecular flexibility index (Phi) is 5.34. The molecule has 3 aromatic rings. The second kappa shape index (κ2) is 7.69. The van der Waals surface area contributed by atoms with Crippen LogP contribution in [0.1, 0.15) is 32.9 Å². The van der Waals surface area contributed by atoms with Crippen molar-refractivity contribution in [3.05, 3.63) is 81.6 Å². The number of aromatic nitrogens is 1. The molecule has 0 saturated carbocycles. The molecule has 5 heteroatoms. The smallest absolute Gasteiger partial charge is 0.340 e. The average Bonchev–Trinajstić information content (AvgIpc) is 2.93. The predicted molar refractivity (Wildman–Crippen MR) is 106 cm³/mol. The number of nitriles is 1. The van der Waals surface area contributed by atoms with Crippen molar-refractivity contribution in [2.75, 3.05) is 7.11 Å². The topological polar surface area (TPSA) is 55.0 Å². The first-order chi connectivity index (χ1) is 13.0. The highest BCUT2D eigenvalue weighted by Gasteiger charge is 2.25. The van der Waals surface area contributed by atoms with Crippen LogP contribution in [0.4, 0.5) is 0 Å².